The number of rotatable bonds is 5. The molecule has 2 aromatic carbocycles. The molecule has 170 valence electrons. The molecule has 5 rings (SSSR count). The molecule has 0 aliphatic carbocycles. The van der Waals surface area contributed by atoms with Crippen molar-refractivity contribution in [3.05, 3.63) is 87.7 Å². The van der Waals surface area contributed by atoms with Crippen LogP contribution in [0.3, 0.4) is 0 Å². The highest BCUT2D eigenvalue weighted by atomic mass is 79.9. The first kappa shape index (κ1) is 22.4. The number of thioether (sulfide) groups is 1. The van der Waals surface area contributed by atoms with Gasteiger partial charge in [0.1, 0.15) is 17.4 Å². The zero-order chi connectivity index (χ0) is 23.8. The second-order valence-corrected chi connectivity index (χ2v) is 9.71. The number of carbonyl (C=O) groups excluding carboxylic acids is 1. The van der Waals surface area contributed by atoms with Gasteiger partial charge in [-0.05, 0) is 79.7 Å². The molecule has 34 heavy (non-hydrogen) atoms. The van der Waals surface area contributed by atoms with Gasteiger partial charge in [-0.15, -0.1) is 0 Å². The Hall–Kier alpha value is -3.43. The van der Waals surface area contributed by atoms with Crippen LogP contribution in [0.15, 0.2) is 80.8 Å². The van der Waals surface area contributed by atoms with Crippen LogP contribution in [0, 0.1) is 19.3 Å². The number of benzene rings is 2. The number of aromatic nitrogens is 1. The number of fused-ring (bicyclic) bond motifs is 1. The van der Waals surface area contributed by atoms with Crippen LogP contribution < -0.4 is 4.74 Å². The molecule has 0 spiro atoms. The Kier molecular flexibility index (Phi) is 5.97. The molecule has 0 saturated heterocycles. The Balaban J connectivity index is 1.41. The summed E-state index contributed by atoms with van der Waals surface area (Å²) < 4.78 is 8.88. The number of halogens is 1. The van der Waals surface area contributed by atoms with Crippen molar-refractivity contribution in [1.29, 1.82) is 5.41 Å². The van der Waals surface area contributed by atoms with E-state index in [1.807, 2.05) is 74.5 Å². The van der Waals surface area contributed by atoms with Gasteiger partial charge < -0.3 is 9.30 Å². The lowest BCUT2D eigenvalue weighted by atomic mass is 10.1. The fourth-order valence-electron chi connectivity index (χ4n) is 3.83. The molecular formula is C25H20BrN5O2S. The first-order valence-electron chi connectivity index (χ1n) is 10.5. The Bertz CT molecular complexity index is 1390. The maximum Gasteiger partial charge on any atom is 0.283 e. The largest absolute Gasteiger partial charge is 0.487 e. The third-order valence-corrected chi connectivity index (χ3v) is 6.87. The van der Waals surface area contributed by atoms with Crippen LogP contribution in [0.5, 0.6) is 5.75 Å². The number of aryl methyl sites for hydroxylation is 1. The predicted octanol–water partition coefficient (Wildman–Crippen LogP) is 5.55. The molecule has 2 aliphatic heterocycles. The van der Waals surface area contributed by atoms with E-state index in [-0.39, 0.29) is 18.0 Å². The normalized spacial score (nSPS) is 16.6. The Labute approximate surface area is 209 Å². The van der Waals surface area contributed by atoms with Crippen LogP contribution in [-0.4, -0.2) is 38.1 Å². The molecule has 1 N–H and O–H groups in total. The predicted molar refractivity (Wildman–Crippen MR) is 140 cm³/mol. The Morgan fingerprint density at radius 3 is 2.59 bits per heavy atom. The van der Waals surface area contributed by atoms with E-state index < -0.39 is 5.91 Å². The molecular weight excluding hydrogens is 514 g/mol. The minimum Gasteiger partial charge on any atom is -0.487 e. The van der Waals surface area contributed by atoms with Gasteiger partial charge >= 0.3 is 0 Å². The van der Waals surface area contributed by atoms with Gasteiger partial charge in [0.2, 0.25) is 5.17 Å². The number of ether oxygens (including phenoxy) is 1. The number of aliphatic imine (C=N–C) groups is 1. The summed E-state index contributed by atoms with van der Waals surface area (Å²) in [6, 6.07) is 19.5. The average molecular weight is 534 g/mol. The van der Waals surface area contributed by atoms with Crippen molar-refractivity contribution >= 4 is 55.7 Å². The first-order valence-corrected chi connectivity index (χ1v) is 12.1. The number of hydrazone groups is 1. The molecule has 7 nitrogen and oxygen atoms in total. The third-order valence-electron chi connectivity index (χ3n) is 5.46. The molecule has 3 heterocycles. The zero-order valence-corrected chi connectivity index (χ0v) is 20.9. The van der Waals surface area contributed by atoms with E-state index in [1.54, 1.807) is 6.08 Å². The lowest BCUT2D eigenvalue weighted by Gasteiger charge is -2.20. The number of hydrogen-bond donors (Lipinski definition) is 1. The molecule has 0 saturated carbocycles. The van der Waals surface area contributed by atoms with Gasteiger partial charge in [-0.25, -0.2) is 0 Å². The van der Waals surface area contributed by atoms with E-state index in [1.165, 1.54) is 16.8 Å². The van der Waals surface area contributed by atoms with Gasteiger partial charge in [0.15, 0.2) is 5.84 Å². The van der Waals surface area contributed by atoms with E-state index >= 15 is 0 Å². The smallest absolute Gasteiger partial charge is 0.283 e. The van der Waals surface area contributed by atoms with Gasteiger partial charge in [0.25, 0.3) is 5.91 Å². The van der Waals surface area contributed by atoms with Crippen LogP contribution in [0.1, 0.15) is 17.0 Å². The molecule has 2 aliphatic rings. The van der Waals surface area contributed by atoms with Gasteiger partial charge in [-0.3, -0.25) is 10.2 Å². The summed E-state index contributed by atoms with van der Waals surface area (Å²) >= 11 is 4.71. The number of para-hydroxylation sites is 1. The second kappa shape index (κ2) is 9.08. The minimum atomic E-state index is -0.447. The molecule has 0 atom stereocenters. The van der Waals surface area contributed by atoms with E-state index in [9.17, 15) is 4.79 Å². The molecule has 0 bridgehead atoms. The summed E-state index contributed by atoms with van der Waals surface area (Å²) in [5.41, 5.74) is 4.08. The van der Waals surface area contributed by atoms with E-state index in [2.05, 4.69) is 30.6 Å². The minimum absolute atomic E-state index is 0.00524. The van der Waals surface area contributed by atoms with Crippen molar-refractivity contribution in [2.45, 2.75) is 13.8 Å². The Morgan fingerprint density at radius 2 is 1.85 bits per heavy atom. The van der Waals surface area contributed by atoms with Crippen molar-refractivity contribution in [2.24, 2.45) is 10.1 Å². The summed E-state index contributed by atoms with van der Waals surface area (Å²) in [4.78, 5) is 17.0. The van der Waals surface area contributed by atoms with Gasteiger partial charge in [-0.1, -0.05) is 34.1 Å². The summed E-state index contributed by atoms with van der Waals surface area (Å²) in [6.07, 6.45) is 1.72. The van der Waals surface area contributed by atoms with Crippen LogP contribution in [-0.2, 0) is 4.79 Å². The van der Waals surface area contributed by atoms with Crippen molar-refractivity contribution in [1.82, 2.24) is 9.58 Å². The second-order valence-electron chi connectivity index (χ2n) is 7.75. The monoisotopic (exact) mass is 533 g/mol. The van der Waals surface area contributed by atoms with Crippen LogP contribution in [0.25, 0.3) is 11.8 Å². The number of amidine groups is 2. The molecule has 9 heteroatoms. The van der Waals surface area contributed by atoms with Gasteiger partial charge in [0, 0.05) is 21.5 Å². The number of carbonyl (C=O) groups is 1. The molecule has 0 unspecified atom stereocenters. The highest BCUT2D eigenvalue weighted by Crippen LogP contribution is 2.30. The number of nitrogens with zero attached hydrogens (tertiary/aromatic N) is 4. The number of hydrogen-bond acceptors (Lipinski definition) is 5. The number of nitrogens with one attached hydrogen (secondary N) is 1. The topological polar surface area (TPSA) is 83.0 Å². The standard InChI is InChI=1S/C25H20BrN5O2S/c1-15-12-17(16(2)30(15)19-10-8-18(26)9-11-19)13-21-23(27)31-25(28-24(21)32)34-22(29-31)14-33-20-6-4-3-5-7-20/h3-13,27H,14H2,1-2H3/b21-13+,27-23?. The highest BCUT2D eigenvalue weighted by Gasteiger charge is 2.36. The summed E-state index contributed by atoms with van der Waals surface area (Å²) in [7, 11) is 0. The molecule has 0 radical (unpaired) electrons. The SMILES string of the molecule is Cc1cc(/C=C2\C(=N)N3N=C(COc4ccccc4)SC3=NC2=O)c(C)n1-c1ccc(Br)cc1. The fraction of sp³-hybridized carbons (Fsp3) is 0.120. The van der Waals surface area contributed by atoms with E-state index in [4.69, 9.17) is 10.1 Å². The summed E-state index contributed by atoms with van der Waals surface area (Å²) in [5.74, 6) is 0.286. The molecule has 3 aromatic rings. The Morgan fingerprint density at radius 1 is 1.12 bits per heavy atom. The molecule has 0 fully saturated rings. The first-order chi connectivity index (χ1) is 16.4. The average Bonchev–Trinajstić information content (AvgIpc) is 3.36. The van der Waals surface area contributed by atoms with Gasteiger partial charge in [0.05, 0.1) is 5.57 Å². The van der Waals surface area contributed by atoms with Crippen LogP contribution in [0.4, 0.5) is 0 Å². The van der Waals surface area contributed by atoms with Crippen molar-refractivity contribution in [3.63, 3.8) is 0 Å². The van der Waals surface area contributed by atoms with Crippen molar-refractivity contribution in [3.8, 4) is 11.4 Å². The number of amides is 1. The van der Waals surface area contributed by atoms with Crippen LogP contribution >= 0.6 is 27.7 Å². The quantitative estimate of drug-likeness (QED) is 0.435. The van der Waals surface area contributed by atoms with Crippen molar-refractivity contribution < 1.29 is 9.53 Å². The fourth-order valence-corrected chi connectivity index (χ4v) is 4.89. The van der Waals surface area contributed by atoms with Gasteiger partial charge in [-0.2, -0.15) is 15.1 Å². The third kappa shape index (κ3) is 4.24. The zero-order valence-electron chi connectivity index (χ0n) is 18.4. The lowest BCUT2D eigenvalue weighted by Crippen LogP contribution is -2.35. The van der Waals surface area contributed by atoms with Crippen molar-refractivity contribution in [2.75, 3.05) is 6.61 Å². The van der Waals surface area contributed by atoms with E-state index in [0.29, 0.717) is 10.2 Å². The lowest BCUT2D eigenvalue weighted by molar-refractivity contribution is -0.114. The highest BCUT2D eigenvalue weighted by molar-refractivity contribution is 9.10. The molecule has 1 aromatic heterocycles. The summed E-state index contributed by atoms with van der Waals surface area (Å²) in [6.45, 7) is 4.25. The maximum absolute atomic E-state index is 12.8. The van der Waals surface area contributed by atoms with E-state index in [0.717, 1.165) is 32.9 Å². The van der Waals surface area contributed by atoms with Crippen LogP contribution in [0.2, 0.25) is 0 Å². The summed E-state index contributed by atoms with van der Waals surface area (Å²) in [5, 5.41) is 15.5. The molecule has 1 amide bonds. The maximum atomic E-state index is 12.8.